The molecule has 3 aromatic rings. The van der Waals surface area contributed by atoms with E-state index >= 15 is 0 Å². The molecule has 9 heteroatoms. The van der Waals surface area contributed by atoms with Crippen molar-refractivity contribution in [3.8, 4) is 5.75 Å². The molecule has 0 spiro atoms. The van der Waals surface area contributed by atoms with Crippen LogP contribution in [0.15, 0.2) is 30.6 Å². The van der Waals surface area contributed by atoms with E-state index in [1.54, 1.807) is 7.11 Å². The van der Waals surface area contributed by atoms with Crippen LogP contribution in [0.1, 0.15) is 23.5 Å². The third kappa shape index (κ3) is 3.38. The van der Waals surface area contributed by atoms with Crippen LogP contribution in [0.2, 0.25) is 0 Å². The zero-order valence-corrected chi connectivity index (χ0v) is 14.7. The fourth-order valence-electron chi connectivity index (χ4n) is 3.19. The van der Waals surface area contributed by atoms with E-state index in [1.807, 2.05) is 35.3 Å². The molecule has 0 saturated carbocycles. The minimum Gasteiger partial charge on any atom is -0.496 e. The molecule has 136 valence electrons. The van der Waals surface area contributed by atoms with Gasteiger partial charge in [0.25, 0.3) is 0 Å². The molecule has 0 unspecified atom stereocenters. The van der Waals surface area contributed by atoms with E-state index in [1.165, 1.54) is 5.69 Å². The molecular weight excluding hydrogens is 332 g/mol. The largest absolute Gasteiger partial charge is 0.496 e. The summed E-state index contributed by atoms with van der Waals surface area (Å²) in [5.74, 6) is 2.67. The zero-order chi connectivity index (χ0) is 17.8. The van der Waals surface area contributed by atoms with Gasteiger partial charge in [-0.3, -0.25) is 5.32 Å². The smallest absolute Gasteiger partial charge is 0.155 e. The summed E-state index contributed by atoms with van der Waals surface area (Å²) < 4.78 is 9.46. The lowest BCUT2D eigenvalue weighted by molar-refractivity contribution is 0.409. The van der Waals surface area contributed by atoms with Gasteiger partial charge in [-0.25, -0.2) is 9.67 Å². The Morgan fingerprint density at radius 3 is 3.08 bits per heavy atom. The normalized spacial score (nSPS) is 13.3. The Morgan fingerprint density at radius 1 is 1.23 bits per heavy atom. The van der Waals surface area contributed by atoms with Crippen LogP contribution in [0.3, 0.4) is 0 Å². The summed E-state index contributed by atoms with van der Waals surface area (Å²) in [6.07, 6.45) is 3.46. The van der Waals surface area contributed by atoms with Crippen LogP contribution in [0.4, 0.5) is 5.82 Å². The van der Waals surface area contributed by atoms with Crippen molar-refractivity contribution in [2.75, 3.05) is 19.1 Å². The molecule has 4 rings (SSSR count). The summed E-state index contributed by atoms with van der Waals surface area (Å²) in [5.41, 5.74) is 2.27. The monoisotopic (exact) mass is 354 g/mol. The lowest BCUT2D eigenvalue weighted by Crippen LogP contribution is -2.28. The number of anilines is 1. The number of hydrogen-bond donors (Lipinski definition) is 2. The fourth-order valence-corrected chi connectivity index (χ4v) is 3.19. The number of rotatable bonds is 7. The molecule has 26 heavy (non-hydrogen) atoms. The highest BCUT2D eigenvalue weighted by molar-refractivity contribution is 5.42. The van der Waals surface area contributed by atoms with Crippen LogP contribution in [-0.2, 0) is 26.1 Å². The quantitative estimate of drug-likeness (QED) is 0.654. The Kier molecular flexibility index (Phi) is 4.78. The number of aryl methyl sites for hydroxylation is 2. The highest BCUT2D eigenvalue weighted by Crippen LogP contribution is 2.20. The first kappa shape index (κ1) is 16.5. The van der Waals surface area contributed by atoms with Gasteiger partial charge in [-0.1, -0.05) is 18.2 Å². The van der Waals surface area contributed by atoms with Gasteiger partial charge in [-0.15, -0.1) is 5.10 Å². The maximum atomic E-state index is 5.42. The molecule has 2 N–H and O–H groups in total. The van der Waals surface area contributed by atoms with Gasteiger partial charge >= 0.3 is 0 Å². The SMILES string of the molecule is COc1ccccc1Cc1nnnn1CCCn1cnc2c1CNCN2. The maximum absolute atomic E-state index is 5.42. The lowest BCUT2D eigenvalue weighted by atomic mass is 10.1. The Labute approximate surface area is 151 Å². The fraction of sp³-hybridized carbons (Fsp3) is 0.412. The van der Waals surface area contributed by atoms with Crippen molar-refractivity contribution in [3.05, 3.63) is 47.7 Å². The van der Waals surface area contributed by atoms with Gasteiger partial charge in [0.15, 0.2) is 5.82 Å². The van der Waals surface area contributed by atoms with Gasteiger partial charge in [-0.05, 0) is 22.9 Å². The van der Waals surface area contributed by atoms with E-state index in [4.69, 9.17) is 4.74 Å². The van der Waals surface area contributed by atoms with Gasteiger partial charge in [0.05, 0.1) is 25.8 Å². The van der Waals surface area contributed by atoms with Crippen molar-refractivity contribution in [1.82, 2.24) is 35.1 Å². The van der Waals surface area contributed by atoms with Gasteiger partial charge in [0.2, 0.25) is 0 Å². The summed E-state index contributed by atoms with van der Waals surface area (Å²) in [7, 11) is 1.68. The van der Waals surface area contributed by atoms with Crippen molar-refractivity contribution in [2.45, 2.75) is 32.5 Å². The highest BCUT2D eigenvalue weighted by atomic mass is 16.5. The first-order valence-corrected chi connectivity index (χ1v) is 8.70. The van der Waals surface area contributed by atoms with Crippen molar-refractivity contribution in [1.29, 1.82) is 0 Å². The topological polar surface area (TPSA) is 94.7 Å². The predicted octanol–water partition coefficient (Wildman–Crippen LogP) is 1.03. The summed E-state index contributed by atoms with van der Waals surface area (Å²) in [5, 5.41) is 18.7. The van der Waals surface area contributed by atoms with Crippen LogP contribution in [0.5, 0.6) is 5.75 Å². The molecule has 1 aliphatic heterocycles. The standard InChI is InChI=1S/C17H22N8O/c1-26-15-6-3-2-5-13(15)9-16-21-22-23-25(16)8-4-7-24-12-20-17-14(24)10-18-11-19-17/h2-3,5-6,12,18-19H,4,7-11H2,1H3. The molecule has 1 aromatic carbocycles. The second kappa shape index (κ2) is 7.52. The first-order chi connectivity index (χ1) is 12.8. The number of benzene rings is 1. The van der Waals surface area contributed by atoms with Crippen LogP contribution >= 0.6 is 0 Å². The maximum Gasteiger partial charge on any atom is 0.155 e. The molecule has 3 heterocycles. The Hall–Kier alpha value is -2.94. The molecule has 0 radical (unpaired) electrons. The van der Waals surface area contributed by atoms with Crippen molar-refractivity contribution in [2.24, 2.45) is 0 Å². The molecule has 9 nitrogen and oxygen atoms in total. The predicted molar refractivity (Wildman–Crippen MR) is 95.8 cm³/mol. The highest BCUT2D eigenvalue weighted by Gasteiger charge is 2.14. The molecule has 0 atom stereocenters. The van der Waals surface area contributed by atoms with Crippen LogP contribution < -0.4 is 15.4 Å². The van der Waals surface area contributed by atoms with Crippen LogP contribution in [0, 0.1) is 0 Å². The average molecular weight is 354 g/mol. The van der Waals surface area contributed by atoms with Gasteiger partial charge < -0.3 is 14.6 Å². The number of hydrogen-bond acceptors (Lipinski definition) is 7. The second-order valence-corrected chi connectivity index (χ2v) is 6.17. The molecule has 0 bridgehead atoms. The second-order valence-electron chi connectivity index (χ2n) is 6.17. The van der Waals surface area contributed by atoms with Gasteiger partial charge in [0.1, 0.15) is 11.6 Å². The Morgan fingerprint density at radius 2 is 2.15 bits per heavy atom. The summed E-state index contributed by atoms with van der Waals surface area (Å²) in [6.45, 7) is 3.23. The molecule has 0 saturated heterocycles. The molecule has 0 aliphatic carbocycles. The molecule has 0 fully saturated rings. The number of methoxy groups -OCH3 is 1. The summed E-state index contributed by atoms with van der Waals surface area (Å²) in [6, 6.07) is 7.94. The molecule has 1 aliphatic rings. The van der Waals surface area contributed by atoms with E-state index in [2.05, 4.69) is 35.7 Å². The van der Waals surface area contributed by atoms with Crippen LogP contribution in [0.25, 0.3) is 0 Å². The number of imidazole rings is 1. The molecular formula is C17H22N8O. The zero-order valence-electron chi connectivity index (χ0n) is 14.7. The number of nitrogens with one attached hydrogen (secondary N) is 2. The lowest BCUT2D eigenvalue weighted by Gasteiger charge is -2.16. The molecule has 2 aromatic heterocycles. The Bertz CT molecular complexity index is 871. The minimum atomic E-state index is 0.644. The third-order valence-corrected chi connectivity index (χ3v) is 4.54. The molecule has 0 amide bonds. The number of fused-ring (bicyclic) bond motifs is 1. The summed E-state index contributed by atoms with van der Waals surface area (Å²) >= 11 is 0. The first-order valence-electron chi connectivity index (χ1n) is 8.70. The Balaban J connectivity index is 1.39. The van der Waals surface area contributed by atoms with E-state index in [9.17, 15) is 0 Å². The average Bonchev–Trinajstić information content (AvgIpc) is 3.30. The van der Waals surface area contributed by atoms with E-state index in [0.717, 1.165) is 55.7 Å². The number of para-hydroxylation sites is 1. The van der Waals surface area contributed by atoms with E-state index in [0.29, 0.717) is 6.42 Å². The number of nitrogens with zero attached hydrogens (tertiary/aromatic N) is 6. The minimum absolute atomic E-state index is 0.644. The number of tetrazole rings is 1. The van der Waals surface area contributed by atoms with Crippen LogP contribution in [-0.4, -0.2) is 43.5 Å². The van der Waals surface area contributed by atoms with Crippen molar-refractivity contribution >= 4 is 5.82 Å². The van der Waals surface area contributed by atoms with Gasteiger partial charge in [0, 0.05) is 31.6 Å². The van der Waals surface area contributed by atoms with E-state index < -0.39 is 0 Å². The number of ether oxygens (including phenoxy) is 1. The van der Waals surface area contributed by atoms with Crippen molar-refractivity contribution in [3.63, 3.8) is 0 Å². The van der Waals surface area contributed by atoms with E-state index in [-0.39, 0.29) is 0 Å². The number of aromatic nitrogens is 6. The van der Waals surface area contributed by atoms with Gasteiger partial charge in [-0.2, -0.15) is 0 Å². The summed E-state index contributed by atoms with van der Waals surface area (Å²) in [4.78, 5) is 4.42. The third-order valence-electron chi connectivity index (χ3n) is 4.54. The van der Waals surface area contributed by atoms with Crippen molar-refractivity contribution < 1.29 is 4.74 Å².